The van der Waals surface area contributed by atoms with E-state index in [1.807, 2.05) is 42.2 Å². The largest absolute Gasteiger partial charge is 0.490 e. The molecule has 0 atom stereocenters. The van der Waals surface area contributed by atoms with Gasteiger partial charge in [-0.2, -0.15) is 26.3 Å². The summed E-state index contributed by atoms with van der Waals surface area (Å²) in [5.74, 6) is -6.13. The number of alkyl halides is 6. The van der Waals surface area contributed by atoms with Crippen LogP contribution in [0, 0.1) is 6.92 Å². The third-order valence-corrected chi connectivity index (χ3v) is 7.02. The molecule has 0 saturated carbocycles. The maximum Gasteiger partial charge on any atom is 0.490 e. The average Bonchev–Trinajstić information content (AvgIpc) is 3.00. The van der Waals surface area contributed by atoms with Crippen LogP contribution in [0.4, 0.5) is 31.1 Å². The van der Waals surface area contributed by atoms with E-state index in [0.717, 1.165) is 41.4 Å². The third kappa shape index (κ3) is 8.96. The van der Waals surface area contributed by atoms with E-state index in [1.165, 1.54) is 0 Å². The lowest BCUT2D eigenvalue weighted by Crippen LogP contribution is -2.71. The lowest BCUT2D eigenvalue weighted by Gasteiger charge is -2.44. The quantitative estimate of drug-likeness (QED) is 0.222. The van der Waals surface area contributed by atoms with E-state index in [0.29, 0.717) is 31.0 Å². The van der Waals surface area contributed by atoms with E-state index in [1.54, 1.807) is 24.3 Å². The molecule has 0 radical (unpaired) electrons. The predicted molar refractivity (Wildman–Crippen MR) is 153 cm³/mol. The molecule has 258 valence electrons. The van der Waals surface area contributed by atoms with Crippen LogP contribution < -0.4 is 15.4 Å². The normalized spacial score (nSPS) is 16.4. The predicted octanol–water partition coefficient (Wildman–Crippen LogP) is 4.44. The molecule has 0 spiro atoms. The lowest BCUT2D eigenvalue weighted by atomic mass is 9.83. The fraction of sp³-hybridized carbons (Fsp3) is 0.333. The molecule has 2 saturated heterocycles. The van der Waals surface area contributed by atoms with Crippen molar-refractivity contribution in [3.63, 3.8) is 0 Å². The number of nitrogens with zero attached hydrogens (tertiary/aromatic N) is 2. The molecule has 3 heterocycles. The van der Waals surface area contributed by atoms with Crippen molar-refractivity contribution < 1.29 is 65.3 Å². The number of likely N-dealkylation sites (tertiary alicyclic amines) is 1. The van der Waals surface area contributed by atoms with Crippen molar-refractivity contribution in [1.29, 1.82) is 0 Å². The van der Waals surface area contributed by atoms with Gasteiger partial charge in [-0.05, 0) is 62.7 Å². The van der Waals surface area contributed by atoms with Crippen LogP contribution >= 0.6 is 0 Å². The molecule has 2 aliphatic rings. The van der Waals surface area contributed by atoms with Gasteiger partial charge in [0.2, 0.25) is 5.54 Å². The van der Waals surface area contributed by atoms with Crippen LogP contribution in [0.15, 0.2) is 54.6 Å². The number of piperidine rings is 1. The van der Waals surface area contributed by atoms with Crippen LogP contribution in [-0.2, 0) is 31.3 Å². The van der Waals surface area contributed by atoms with Gasteiger partial charge >= 0.3 is 30.3 Å². The fourth-order valence-electron chi connectivity index (χ4n) is 4.95. The minimum atomic E-state index is -5.08. The van der Waals surface area contributed by atoms with Gasteiger partial charge in [0.05, 0.1) is 5.52 Å². The number of nitrogens with one attached hydrogen (secondary N) is 2. The Morgan fingerprint density at radius 2 is 1.35 bits per heavy atom. The number of carboxylic acids is 2. The number of aromatic nitrogens is 1. The average molecular weight is 687 g/mol. The number of imide groups is 2. The highest BCUT2D eigenvalue weighted by Crippen LogP contribution is 2.35. The molecule has 4 amide bonds. The number of hydrogen-bond donors (Lipinski definition) is 4. The first-order chi connectivity index (χ1) is 22.4. The molecule has 3 aromatic rings. The van der Waals surface area contributed by atoms with E-state index in [2.05, 4.69) is 15.6 Å². The number of halogens is 6. The molecule has 2 fully saturated rings. The van der Waals surface area contributed by atoms with Gasteiger partial charge in [0.15, 0.2) is 0 Å². The maximum atomic E-state index is 13.1. The van der Waals surface area contributed by atoms with Crippen LogP contribution in [0.5, 0.6) is 5.75 Å². The molecule has 4 N–H and O–H groups in total. The summed E-state index contributed by atoms with van der Waals surface area (Å²) in [6.07, 6.45) is -7.35. The molecular weight excluding hydrogens is 658 g/mol. The van der Waals surface area contributed by atoms with Gasteiger partial charge in [-0.25, -0.2) is 14.4 Å². The molecular formula is C30H28F6N4O8. The van der Waals surface area contributed by atoms with E-state index < -0.39 is 47.7 Å². The second-order valence-electron chi connectivity index (χ2n) is 10.4. The van der Waals surface area contributed by atoms with Gasteiger partial charge < -0.3 is 14.9 Å². The third-order valence-electron chi connectivity index (χ3n) is 7.02. The summed E-state index contributed by atoms with van der Waals surface area (Å²) in [7, 11) is 0. The van der Waals surface area contributed by atoms with Gasteiger partial charge in [-0.3, -0.25) is 30.1 Å². The molecule has 0 bridgehead atoms. The molecule has 2 aliphatic heterocycles. The van der Waals surface area contributed by atoms with E-state index in [-0.39, 0.29) is 0 Å². The van der Waals surface area contributed by atoms with Crippen molar-refractivity contribution >= 4 is 40.7 Å². The molecule has 18 heteroatoms. The highest BCUT2D eigenvalue weighted by molar-refractivity contribution is 6.22. The standard InChI is InChI=1S/C26H26N4O4.2C2HF3O2/c1-17-15-18(21-7-3-4-8-22(21)27-17)16-34-20-11-9-19(10-12-20)26(30-13-5-2-6-14-30)23(31)28-25(33)29-24(26)32;2*3-2(4,5)1(6)7/h3-4,7-12,15H,2,5-6,13-14,16H2,1H3,(H2,28,29,31,32,33);2*(H,6,7). The lowest BCUT2D eigenvalue weighted by molar-refractivity contribution is -0.193. The van der Waals surface area contributed by atoms with Gasteiger partial charge in [-0.15, -0.1) is 0 Å². The fourth-order valence-corrected chi connectivity index (χ4v) is 4.95. The van der Waals surface area contributed by atoms with E-state index in [9.17, 15) is 40.7 Å². The Balaban J connectivity index is 0.000000376. The number of carboxylic acid groups (broad SMARTS) is 2. The number of barbiturate groups is 1. The van der Waals surface area contributed by atoms with Gasteiger partial charge in [0, 0.05) is 16.6 Å². The highest BCUT2D eigenvalue weighted by atomic mass is 19.4. The minimum absolute atomic E-state index is 0.357. The number of amides is 4. The van der Waals surface area contributed by atoms with Gasteiger partial charge in [-0.1, -0.05) is 36.8 Å². The number of urea groups is 1. The summed E-state index contributed by atoms with van der Waals surface area (Å²) in [5, 5.41) is 19.9. The number of benzene rings is 2. The van der Waals surface area contributed by atoms with E-state index >= 15 is 0 Å². The first-order valence-corrected chi connectivity index (χ1v) is 14.0. The first kappa shape index (κ1) is 37.2. The number of aryl methyl sites for hydroxylation is 1. The van der Waals surface area contributed by atoms with Crippen LogP contribution in [0.3, 0.4) is 0 Å². The number of carbonyl (C=O) groups excluding carboxylic acids is 3. The van der Waals surface area contributed by atoms with Gasteiger partial charge in [0.1, 0.15) is 12.4 Å². The Bertz CT molecular complexity index is 1630. The van der Waals surface area contributed by atoms with Crippen LogP contribution in [-0.4, -0.2) is 75.3 Å². The first-order valence-electron chi connectivity index (χ1n) is 14.0. The second kappa shape index (κ2) is 15.1. The summed E-state index contributed by atoms with van der Waals surface area (Å²) < 4.78 is 69.5. The molecule has 2 aromatic carbocycles. The van der Waals surface area contributed by atoms with Crippen molar-refractivity contribution in [3.05, 3.63) is 71.4 Å². The zero-order chi connectivity index (χ0) is 35.9. The smallest absolute Gasteiger partial charge is 0.489 e. The number of hydrogen-bond acceptors (Lipinski definition) is 8. The Hall–Kier alpha value is -5.26. The van der Waals surface area contributed by atoms with Crippen molar-refractivity contribution in [3.8, 4) is 5.75 Å². The van der Waals surface area contributed by atoms with Crippen LogP contribution in [0.1, 0.15) is 36.1 Å². The monoisotopic (exact) mass is 686 g/mol. The molecule has 0 unspecified atom stereocenters. The number of rotatable bonds is 5. The number of aliphatic carboxylic acids is 2. The van der Waals surface area contributed by atoms with E-state index in [4.69, 9.17) is 24.5 Å². The summed E-state index contributed by atoms with van der Waals surface area (Å²) >= 11 is 0. The zero-order valence-electron chi connectivity index (χ0n) is 24.9. The van der Waals surface area contributed by atoms with Crippen LogP contribution in [0.25, 0.3) is 10.9 Å². The Labute approximate surface area is 267 Å². The molecule has 0 aliphatic carbocycles. The summed E-state index contributed by atoms with van der Waals surface area (Å²) in [4.78, 5) is 62.2. The highest BCUT2D eigenvalue weighted by Gasteiger charge is 2.56. The van der Waals surface area contributed by atoms with Crippen LogP contribution in [0.2, 0.25) is 0 Å². The number of carbonyl (C=O) groups is 5. The Kier molecular flexibility index (Phi) is 11.7. The second-order valence-corrected chi connectivity index (χ2v) is 10.4. The molecule has 12 nitrogen and oxygen atoms in total. The number of ether oxygens (including phenoxy) is 1. The minimum Gasteiger partial charge on any atom is -0.489 e. The summed E-state index contributed by atoms with van der Waals surface area (Å²) in [6, 6.07) is 16.1. The number of para-hydroxylation sites is 1. The number of fused-ring (bicyclic) bond motifs is 1. The van der Waals surface area contributed by atoms with Crippen molar-refractivity contribution in [1.82, 2.24) is 20.5 Å². The Morgan fingerprint density at radius 3 is 1.85 bits per heavy atom. The molecule has 48 heavy (non-hydrogen) atoms. The Morgan fingerprint density at radius 1 is 0.854 bits per heavy atom. The maximum absolute atomic E-state index is 13.1. The SMILES string of the molecule is Cc1cc(COc2ccc(C3(N4CCCCC4)C(=O)NC(=O)NC3=O)cc2)c2ccccc2n1.O=C(O)C(F)(F)F.O=C(O)C(F)(F)F. The number of pyridine rings is 1. The topological polar surface area (TPSA) is 175 Å². The zero-order valence-corrected chi connectivity index (χ0v) is 24.9. The van der Waals surface area contributed by atoms with Crippen molar-refractivity contribution in [2.45, 2.75) is 50.7 Å². The van der Waals surface area contributed by atoms with Crippen molar-refractivity contribution in [2.75, 3.05) is 13.1 Å². The van der Waals surface area contributed by atoms with Gasteiger partial charge in [0.25, 0.3) is 11.8 Å². The summed E-state index contributed by atoms with van der Waals surface area (Å²) in [6.45, 7) is 3.51. The molecule has 1 aromatic heterocycles. The summed E-state index contributed by atoms with van der Waals surface area (Å²) in [5.41, 5.74) is 1.80. The molecule has 5 rings (SSSR count). The van der Waals surface area contributed by atoms with Crippen molar-refractivity contribution in [2.24, 2.45) is 0 Å².